The van der Waals surface area contributed by atoms with Crippen molar-refractivity contribution in [3.63, 3.8) is 0 Å². The van der Waals surface area contributed by atoms with Gasteiger partial charge in [0, 0.05) is 24.1 Å². The van der Waals surface area contributed by atoms with Crippen molar-refractivity contribution in [1.82, 2.24) is 0 Å². The molecule has 3 heteroatoms. The molecule has 0 amide bonds. The predicted octanol–water partition coefficient (Wildman–Crippen LogP) is 3.32. The third-order valence-corrected chi connectivity index (χ3v) is 3.94. The van der Waals surface area contributed by atoms with E-state index in [4.69, 9.17) is 15.2 Å². The Labute approximate surface area is 102 Å². The number of anilines is 1. The summed E-state index contributed by atoms with van der Waals surface area (Å²) in [5.74, 6) is 1.33. The van der Waals surface area contributed by atoms with Crippen LogP contribution in [0.5, 0.6) is 11.5 Å². The molecule has 2 aliphatic rings. The first-order valence-electron chi connectivity index (χ1n) is 6.39. The van der Waals surface area contributed by atoms with Crippen LogP contribution < -0.4 is 15.2 Å². The van der Waals surface area contributed by atoms with Crippen molar-refractivity contribution in [2.24, 2.45) is 0 Å². The molecule has 17 heavy (non-hydrogen) atoms. The van der Waals surface area contributed by atoms with Crippen LogP contribution in [-0.2, 0) is 0 Å². The Hall–Kier alpha value is -1.38. The van der Waals surface area contributed by atoms with E-state index in [0.717, 1.165) is 41.2 Å². The SMILES string of the molecule is Cc1cc2c(c(C)c1N)OC1(CCCCC1)O2. The number of aryl methyl sites for hydroxylation is 1. The highest BCUT2D eigenvalue weighted by molar-refractivity contribution is 5.65. The lowest BCUT2D eigenvalue weighted by Crippen LogP contribution is -2.40. The molecule has 2 N–H and O–H groups in total. The third-order valence-electron chi connectivity index (χ3n) is 3.94. The molecule has 0 radical (unpaired) electrons. The van der Waals surface area contributed by atoms with E-state index in [1.807, 2.05) is 19.9 Å². The van der Waals surface area contributed by atoms with Gasteiger partial charge >= 0.3 is 0 Å². The van der Waals surface area contributed by atoms with E-state index in [0.29, 0.717) is 0 Å². The average molecular weight is 233 g/mol. The van der Waals surface area contributed by atoms with E-state index in [-0.39, 0.29) is 0 Å². The van der Waals surface area contributed by atoms with Crippen LogP contribution >= 0.6 is 0 Å². The van der Waals surface area contributed by atoms with Gasteiger partial charge in [-0.15, -0.1) is 0 Å². The van der Waals surface area contributed by atoms with Gasteiger partial charge in [0.25, 0.3) is 5.79 Å². The van der Waals surface area contributed by atoms with Gasteiger partial charge in [0.15, 0.2) is 11.5 Å². The van der Waals surface area contributed by atoms with Gasteiger partial charge in [-0.3, -0.25) is 0 Å². The maximum absolute atomic E-state index is 6.10. The van der Waals surface area contributed by atoms with Crippen molar-refractivity contribution in [3.8, 4) is 11.5 Å². The summed E-state index contributed by atoms with van der Waals surface area (Å²) in [4.78, 5) is 0. The van der Waals surface area contributed by atoms with Crippen LogP contribution in [0.3, 0.4) is 0 Å². The lowest BCUT2D eigenvalue weighted by Gasteiger charge is -2.31. The molecule has 1 aromatic carbocycles. The molecule has 1 spiro atoms. The Morgan fingerprint density at radius 3 is 2.53 bits per heavy atom. The van der Waals surface area contributed by atoms with Gasteiger partial charge in [-0.05, 0) is 38.3 Å². The summed E-state index contributed by atoms with van der Waals surface area (Å²) in [5.41, 5.74) is 8.94. The second-order valence-electron chi connectivity index (χ2n) is 5.23. The molecule has 1 saturated carbocycles. The maximum Gasteiger partial charge on any atom is 0.251 e. The minimum atomic E-state index is -0.397. The minimum Gasteiger partial charge on any atom is -0.448 e. The van der Waals surface area contributed by atoms with Gasteiger partial charge in [-0.25, -0.2) is 0 Å². The van der Waals surface area contributed by atoms with Gasteiger partial charge in [-0.2, -0.15) is 0 Å². The van der Waals surface area contributed by atoms with Crippen molar-refractivity contribution < 1.29 is 9.47 Å². The average Bonchev–Trinajstić information content (AvgIpc) is 2.66. The third kappa shape index (κ3) is 1.56. The van der Waals surface area contributed by atoms with E-state index >= 15 is 0 Å². The lowest BCUT2D eigenvalue weighted by atomic mass is 9.94. The molecular formula is C14H19NO2. The molecule has 1 heterocycles. The highest BCUT2D eigenvalue weighted by Gasteiger charge is 2.43. The summed E-state index contributed by atoms with van der Waals surface area (Å²) >= 11 is 0. The van der Waals surface area contributed by atoms with Crippen LogP contribution in [0.25, 0.3) is 0 Å². The molecule has 0 bridgehead atoms. The molecule has 0 unspecified atom stereocenters. The molecule has 0 atom stereocenters. The monoisotopic (exact) mass is 233 g/mol. The number of nitrogens with two attached hydrogens (primary N) is 1. The van der Waals surface area contributed by atoms with Crippen LogP contribution in [-0.4, -0.2) is 5.79 Å². The highest BCUT2D eigenvalue weighted by atomic mass is 16.7. The summed E-state index contributed by atoms with van der Waals surface area (Å²) in [6.45, 7) is 4.02. The molecule has 92 valence electrons. The van der Waals surface area contributed by atoms with E-state index in [1.54, 1.807) is 0 Å². The number of benzene rings is 1. The van der Waals surface area contributed by atoms with Gasteiger partial charge < -0.3 is 15.2 Å². The second-order valence-corrected chi connectivity index (χ2v) is 5.23. The Kier molecular flexibility index (Phi) is 2.25. The number of hydrogen-bond donors (Lipinski definition) is 1. The molecule has 3 nitrogen and oxygen atoms in total. The van der Waals surface area contributed by atoms with Crippen LogP contribution in [0.1, 0.15) is 43.2 Å². The van der Waals surface area contributed by atoms with Crippen LogP contribution in [0.15, 0.2) is 6.07 Å². The largest absolute Gasteiger partial charge is 0.448 e. The van der Waals surface area contributed by atoms with E-state index in [9.17, 15) is 0 Å². The molecule has 1 aliphatic carbocycles. The zero-order chi connectivity index (χ0) is 12.0. The molecule has 3 rings (SSSR count). The van der Waals surface area contributed by atoms with Crippen molar-refractivity contribution in [2.75, 3.05) is 5.73 Å². The molecule has 1 aliphatic heterocycles. The quantitative estimate of drug-likeness (QED) is 0.699. The Balaban J connectivity index is 2.00. The first-order valence-corrected chi connectivity index (χ1v) is 6.39. The van der Waals surface area contributed by atoms with Gasteiger partial charge in [0.1, 0.15) is 0 Å². The number of hydrogen-bond acceptors (Lipinski definition) is 3. The van der Waals surface area contributed by atoms with Gasteiger partial charge in [0.2, 0.25) is 0 Å². The smallest absolute Gasteiger partial charge is 0.251 e. The number of ether oxygens (including phenoxy) is 2. The number of rotatable bonds is 0. The summed E-state index contributed by atoms with van der Waals surface area (Å²) in [5, 5.41) is 0. The van der Waals surface area contributed by atoms with Crippen molar-refractivity contribution >= 4 is 5.69 Å². The van der Waals surface area contributed by atoms with E-state index in [1.165, 1.54) is 19.3 Å². The Bertz CT molecular complexity index is 462. The zero-order valence-corrected chi connectivity index (χ0v) is 10.5. The first kappa shape index (κ1) is 10.8. The summed E-state index contributed by atoms with van der Waals surface area (Å²) < 4.78 is 12.2. The Morgan fingerprint density at radius 1 is 1.12 bits per heavy atom. The predicted molar refractivity (Wildman–Crippen MR) is 67.4 cm³/mol. The van der Waals surface area contributed by atoms with Crippen LogP contribution in [0.2, 0.25) is 0 Å². The first-order chi connectivity index (χ1) is 8.11. The van der Waals surface area contributed by atoms with Crippen molar-refractivity contribution in [1.29, 1.82) is 0 Å². The highest BCUT2D eigenvalue weighted by Crippen LogP contribution is 2.49. The fourth-order valence-corrected chi connectivity index (χ4v) is 2.85. The molecule has 0 saturated heterocycles. The van der Waals surface area contributed by atoms with Crippen LogP contribution in [0.4, 0.5) is 5.69 Å². The normalized spacial score (nSPS) is 20.8. The molecule has 0 aromatic heterocycles. The summed E-state index contributed by atoms with van der Waals surface area (Å²) in [6.07, 6.45) is 5.62. The molecular weight excluding hydrogens is 214 g/mol. The van der Waals surface area contributed by atoms with Crippen LogP contribution in [0, 0.1) is 13.8 Å². The lowest BCUT2D eigenvalue weighted by molar-refractivity contribution is -0.105. The standard InChI is InChI=1S/C14H19NO2/c1-9-8-11-13(10(2)12(9)15)17-14(16-11)6-4-3-5-7-14/h8H,3-7,15H2,1-2H3. The Morgan fingerprint density at radius 2 is 1.82 bits per heavy atom. The maximum atomic E-state index is 6.10. The van der Waals surface area contributed by atoms with Gasteiger partial charge in [0.05, 0.1) is 0 Å². The van der Waals surface area contributed by atoms with Crippen molar-refractivity contribution in [3.05, 3.63) is 17.2 Å². The topological polar surface area (TPSA) is 44.5 Å². The van der Waals surface area contributed by atoms with Crippen molar-refractivity contribution in [2.45, 2.75) is 51.7 Å². The summed E-state index contributed by atoms with van der Waals surface area (Å²) in [6, 6.07) is 2.00. The van der Waals surface area contributed by atoms with E-state index in [2.05, 4.69) is 0 Å². The zero-order valence-electron chi connectivity index (χ0n) is 10.5. The second kappa shape index (κ2) is 3.56. The molecule has 1 aromatic rings. The number of nitrogen functional groups attached to an aromatic ring is 1. The number of fused-ring (bicyclic) bond motifs is 1. The minimum absolute atomic E-state index is 0.397. The summed E-state index contributed by atoms with van der Waals surface area (Å²) in [7, 11) is 0. The molecule has 1 fully saturated rings. The fourth-order valence-electron chi connectivity index (χ4n) is 2.85. The van der Waals surface area contributed by atoms with E-state index < -0.39 is 5.79 Å². The van der Waals surface area contributed by atoms with Gasteiger partial charge in [-0.1, -0.05) is 6.42 Å². The fraction of sp³-hybridized carbons (Fsp3) is 0.571.